The molecule has 4 nitrogen and oxygen atoms in total. The summed E-state index contributed by atoms with van der Waals surface area (Å²) in [7, 11) is 0. The van der Waals surface area contributed by atoms with Crippen LogP contribution in [-0.2, 0) is 4.84 Å². The third-order valence-corrected chi connectivity index (χ3v) is 3.17. The first kappa shape index (κ1) is 12.6. The first-order valence-corrected chi connectivity index (χ1v) is 6.51. The van der Waals surface area contributed by atoms with Crippen molar-refractivity contribution in [2.75, 3.05) is 11.9 Å². The van der Waals surface area contributed by atoms with Gasteiger partial charge in [0.15, 0.2) is 0 Å². The zero-order valence-electron chi connectivity index (χ0n) is 9.97. The van der Waals surface area contributed by atoms with E-state index in [1.807, 2.05) is 41.8 Å². The van der Waals surface area contributed by atoms with Gasteiger partial charge in [-0.15, -0.1) is 11.3 Å². The molecule has 0 aliphatic rings. The van der Waals surface area contributed by atoms with Crippen LogP contribution in [0.3, 0.4) is 0 Å². The fraction of sp³-hybridized carbons (Fsp3) is 0.154. The van der Waals surface area contributed by atoms with Gasteiger partial charge < -0.3 is 5.32 Å². The van der Waals surface area contributed by atoms with Gasteiger partial charge in [0.25, 0.3) is 0 Å². The molecule has 0 unspecified atom stereocenters. The number of amides is 2. The number of carbonyl (C=O) groups is 1. The molecule has 0 fully saturated rings. The number of hydrogen-bond donors (Lipinski definition) is 2. The molecule has 1 aromatic heterocycles. The smallest absolute Gasteiger partial charge is 0.306 e. The van der Waals surface area contributed by atoms with Crippen LogP contribution < -0.4 is 10.8 Å². The van der Waals surface area contributed by atoms with E-state index >= 15 is 0 Å². The molecule has 0 atom stereocenters. The van der Waals surface area contributed by atoms with Crippen molar-refractivity contribution in [1.29, 1.82) is 0 Å². The summed E-state index contributed by atoms with van der Waals surface area (Å²) in [4.78, 5) is 17.5. The highest BCUT2D eigenvalue weighted by Gasteiger charge is 2.08. The molecule has 5 heteroatoms. The van der Waals surface area contributed by atoms with E-state index in [-0.39, 0.29) is 6.03 Å². The van der Waals surface area contributed by atoms with E-state index in [0.29, 0.717) is 6.61 Å². The van der Waals surface area contributed by atoms with Gasteiger partial charge in [-0.05, 0) is 24.4 Å². The van der Waals surface area contributed by atoms with Crippen LogP contribution in [0.5, 0.6) is 0 Å². The Morgan fingerprint density at radius 1 is 1.28 bits per heavy atom. The van der Waals surface area contributed by atoms with E-state index in [9.17, 15) is 4.79 Å². The Labute approximate surface area is 110 Å². The molecular formula is C13H14N2O2S. The summed E-state index contributed by atoms with van der Waals surface area (Å²) < 4.78 is 0. The molecule has 0 spiro atoms. The third kappa shape index (κ3) is 3.09. The molecule has 0 radical (unpaired) electrons. The van der Waals surface area contributed by atoms with Crippen LogP contribution in [0.4, 0.5) is 10.5 Å². The standard InChI is InChI=1S/C13H14N2O2S/c1-2-17-15-13(16)14-11-7-4-3-6-10(11)12-8-5-9-18-12/h3-9H,2H2,1H3,(H2,14,15,16). The van der Waals surface area contributed by atoms with Gasteiger partial charge >= 0.3 is 6.03 Å². The molecule has 0 aliphatic carbocycles. The second-order valence-corrected chi connectivity index (χ2v) is 4.46. The number of anilines is 1. The predicted octanol–water partition coefficient (Wildman–Crippen LogP) is 3.49. The van der Waals surface area contributed by atoms with Gasteiger partial charge in [0.2, 0.25) is 0 Å². The van der Waals surface area contributed by atoms with Gasteiger partial charge in [0, 0.05) is 10.4 Å². The van der Waals surface area contributed by atoms with E-state index in [4.69, 9.17) is 4.84 Å². The van der Waals surface area contributed by atoms with Gasteiger partial charge in [0.1, 0.15) is 0 Å². The Balaban J connectivity index is 2.16. The maximum absolute atomic E-state index is 11.5. The lowest BCUT2D eigenvalue weighted by atomic mass is 10.1. The van der Waals surface area contributed by atoms with Crippen LogP contribution in [-0.4, -0.2) is 12.6 Å². The largest absolute Gasteiger partial charge is 0.343 e. The Morgan fingerprint density at radius 2 is 2.11 bits per heavy atom. The SMILES string of the molecule is CCONC(=O)Nc1ccccc1-c1cccs1. The van der Waals surface area contributed by atoms with Crippen LogP contribution >= 0.6 is 11.3 Å². The summed E-state index contributed by atoms with van der Waals surface area (Å²) in [6, 6.07) is 11.3. The molecule has 0 saturated heterocycles. The molecule has 0 saturated carbocycles. The van der Waals surface area contributed by atoms with Gasteiger partial charge in [-0.25, -0.2) is 10.3 Å². The fourth-order valence-corrected chi connectivity index (χ4v) is 2.29. The van der Waals surface area contributed by atoms with Crippen LogP contribution in [0.1, 0.15) is 6.92 Å². The quantitative estimate of drug-likeness (QED) is 0.829. The molecule has 0 bridgehead atoms. The van der Waals surface area contributed by atoms with E-state index in [1.165, 1.54) is 0 Å². The first-order chi connectivity index (χ1) is 8.81. The molecule has 2 rings (SSSR count). The van der Waals surface area contributed by atoms with E-state index in [2.05, 4.69) is 10.8 Å². The highest BCUT2D eigenvalue weighted by molar-refractivity contribution is 7.13. The number of hydroxylamine groups is 1. The first-order valence-electron chi connectivity index (χ1n) is 5.63. The number of thiophene rings is 1. The van der Waals surface area contributed by atoms with Gasteiger partial charge in [-0.2, -0.15) is 0 Å². The second-order valence-electron chi connectivity index (χ2n) is 3.51. The number of urea groups is 1. The molecule has 1 aromatic carbocycles. The number of para-hydroxylation sites is 1. The second kappa shape index (κ2) is 6.18. The topological polar surface area (TPSA) is 50.4 Å². The van der Waals surface area contributed by atoms with E-state index in [1.54, 1.807) is 18.3 Å². The predicted molar refractivity (Wildman–Crippen MR) is 73.5 cm³/mol. The summed E-state index contributed by atoms with van der Waals surface area (Å²) >= 11 is 1.63. The summed E-state index contributed by atoms with van der Waals surface area (Å²) in [5, 5.41) is 4.77. The molecule has 2 aromatic rings. The van der Waals surface area contributed by atoms with Crippen molar-refractivity contribution < 1.29 is 9.63 Å². The molecule has 1 heterocycles. The van der Waals surface area contributed by atoms with Crippen LogP contribution in [0, 0.1) is 0 Å². The number of carbonyl (C=O) groups excluding carboxylic acids is 1. The Bertz CT molecular complexity index is 511. The molecule has 18 heavy (non-hydrogen) atoms. The minimum atomic E-state index is -0.374. The fourth-order valence-electron chi connectivity index (χ4n) is 1.52. The molecule has 0 aliphatic heterocycles. The normalized spacial score (nSPS) is 10.1. The van der Waals surface area contributed by atoms with Gasteiger partial charge in [-0.1, -0.05) is 24.3 Å². The Morgan fingerprint density at radius 3 is 2.83 bits per heavy atom. The number of benzene rings is 1. The zero-order chi connectivity index (χ0) is 12.8. The average molecular weight is 262 g/mol. The molecular weight excluding hydrogens is 248 g/mol. The maximum Gasteiger partial charge on any atom is 0.343 e. The van der Waals surface area contributed by atoms with Crippen molar-refractivity contribution in [2.24, 2.45) is 0 Å². The maximum atomic E-state index is 11.5. The summed E-state index contributed by atoms with van der Waals surface area (Å²) in [5.74, 6) is 0. The number of hydrogen-bond acceptors (Lipinski definition) is 3. The molecule has 94 valence electrons. The van der Waals surface area contributed by atoms with Crippen LogP contribution in [0.25, 0.3) is 10.4 Å². The Kier molecular flexibility index (Phi) is 4.33. The lowest BCUT2D eigenvalue weighted by Gasteiger charge is -2.10. The number of rotatable bonds is 4. The van der Waals surface area contributed by atoms with Crippen molar-refractivity contribution in [3.8, 4) is 10.4 Å². The summed E-state index contributed by atoms with van der Waals surface area (Å²) in [6.07, 6.45) is 0. The van der Waals surface area contributed by atoms with Crippen LogP contribution in [0.15, 0.2) is 41.8 Å². The third-order valence-electron chi connectivity index (χ3n) is 2.27. The van der Waals surface area contributed by atoms with Gasteiger partial charge in [-0.3, -0.25) is 4.84 Å². The number of nitrogens with one attached hydrogen (secondary N) is 2. The minimum Gasteiger partial charge on any atom is -0.306 e. The highest BCUT2D eigenvalue weighted by atomic mass is 32.1. The monoisotopic (exact) mass is 262 g/mol. The lowest BCUT2D eigenvalue weighted by molar-refractivity contribution is 0.0758. The van der Waals surface area contributed by atoms with Gasteiger partial charge in [0.05, 0.1) is 12.3 Å². The zero-order valence-corrected chi connectivity index (χ0v) is 10.8. The van der Waals surface area contributed by atoms with E-state index < -0.39 is 0 Å². The highest BCUT2D eigenvalue weighted by Crippen LogP contribution is 2.31. The van der Waals surface area contributed by atoms with Crippen LogP contribution in [0.2, 0.25) is 0 Å². The van der Waals surface area contributed by atoms with E-state index in [0.717, 1.165) is 16.1 Å². The molecule has 2 N–H and O–H groups in total. The Hall–Kier alpha value is -1.85. The average Bonchev–Trinajstić information content (AvgIpc) is 2.91. The summed E-state index contributed by atoms with van der Waals surface area (Å²) in [6.45, 7) is 2.24. The van der Waals surface area contributed by atoms with Crippen molar-refractivity contribution >= 4 is 23.1 Å². The minimum absolute atomic E-state index is 0.374. The summed E-state index contributed by atoms with van der Waals surface area (Å²) in [5.41, 5.74) is 4.07. The van der Waals surface area contributed by atoms with Crippen molar-refractivity contribution in [1.82, 2.24) is 5.48 Å². The van der Waals surface area contributed by atoms with Crippen molar-refractivity contribution in [3.63, 3.8) is 0 Å². The lowest BCUT2D eigenvalue weighted by Crippen LogP contribution is -2.28. The van der Waals surface area contributed by atoms with Crippen molar-refractivity contribution in [2.45, 2.75) is 6.92 Å². The molecule has 2 amide bonds. The van der Waals surface area contributed by atoms with Crippen molar-refractivity contribution in [3.05, 3.63) is 41.8 Å².